The molecule has 0 radical (unpaired) electrons. The van der Waals surface area contributed by atoms with Crippen molar-refractivity contribution in [1.82, 2.24) is 10.3 Å². The predicted octanol–water partition coefficient (Wildman–Crippen LogP) is 1.68. The van der Waals surface area contributed by atoms with Crippen LogP contribution in [0.1, 0.15) is 26.3 Å². The fourth-order valence-corrected chi connectivity index (χ4v) is 2.54. The zero-order chi connectivity index (χ0) is 16.8. The van der Waals surface area contributed by atoms with Gasteiger partial charge in [0.25, 0.3) is 0 Å². The molecule has 2 atom stereocenters. The highest BCUT2D eigenvalue weighted by Crippen LogP contribution is 2.18. The number of rotatable bonds is 5. The summed E-state index contributed by atoms with van der Waals surface area (Å²) in [4.78, 5) is 11.1. The van der Waals surface area contributed by atoms with E-state index in [0.29, 0.717) is 19.0 Å². The molecule has 0 aromatic carbocycles. The van der Waals surface area contributed by atoms with Crippen molar-refractivity contribution >= 4 is 11.8 Å². The molecule has 1 fully saturated rings. The first-order valence-electron chi connectivity index (χ1n) is 7.97. The number of pyridine rings is 1. The van der Waals surface area contributed by atoms with E-state index < -0.39 is 0 Å². The fourth-order valence-electron chi connectivity index (χ4n) is 2.54. The third kappa shape index (κ3) is 5.56. The highest BCUT2D eigenvalue weighted by atomic mass is 16.5. The summed E-state index contributed by atoms with van der Waals surface area (Å²) in [6, 6.07) is 4.08. The molecular weight excluding hydrogens is 290 g/mol. The van der Waals surface area contributed by atoms with Crippen molar-refractivity contribution in [3.63, 3.8) is 0 Å². The van der Waals surface area contributed by atoms with Gasteiger partial charge in [-0.25, -0.2) is 9.98 Å². The summed E-state index contributed by atoms with van der Waals surface area (Å²) in [5.41, 5.74) is 7.85. The molecule has 1 aliphatic heterocycles. The van der Waals surface area contributed by atoms with Gasteiger partial charge in [0.15, 0.2) is 5.96 Å². The van der Waals surface area contributed by atoms with Crippen molar-refractivity contribution in [2.75, 3.05) is 24.5 Å². The Kier molecular flexibility index (Phi) is 5.98. The number of nitrogens with two attached hydrogens (primary N) is 1. The smallest absolute Gasteiger partial charge is 0.189 e. The molecule has 0 aliphatic carbocycles. The number of aromatic nitrogens is 1. The first-order valence-corrected chi connectivity index (χ1v) is 7.97. The van der Waals surface area contributed by atoms with Gasteiger partial charge in [-0.2, -0.15) is 0 Å². The van der Waals surface area contributed by atoms with Gasteiger partial charge in [-0.1, -0.05) is 18.2 Å². The molecule has 23 heavy (non-hydrogen) atoms. The minimum absolute atomic E-state index is 0.226. The first-order chi connectivity index (χ1) is 10.9. The van der Waals surface area contributed by atoms with Crippen molar-refractivity contribution < 1.29 is 4.74 Å². The van der Waals surface area contributed by atoms with E-state index in [1.165, 1.54) is 0 Å². The van der Waals surface area contributed by atoms with Gasteiger partial charge in [0.1, 0.15) is 5.82 Å². The molecule has 0 amide bonds. The van der Waals surface area contributed by atoms with E-state index >= 15 is 0 Å². The zero-order valence-corrected chi connectivity index (χ0v) is 14.2. The van der Waals surface area contributed by atoms with E-state index in [1.54, 1.807) is 0 Å². The standard InChI is InChI=1S/C17H27N5O/c1-12(2)7-20-17(18)21-9-15-5-6-16(19-8-15)22-10-13(3)23-14(4)11-22/h5-6,8,13-14H,1,7,9-11H2,2-4H3,(H3,18,20,21). The minimum Gasteiger partial charge on any atom is -0.372 e. The Morgan fingerprint density at radius 1 is 1.43 bits per heavy atom. The number of morpholine rings is 1. The Morgan fingerprint density at radius 3 is 2.70 bits per heavy atom. The number of hydrogen-bond acceptors (Lipinski definition) is 4. The molecule has 2 rings (SSSR count). The average Bonchev–Trinajstić information content (AvgIpc) is 2.50. The number of ether oxygens (including phenoxy) is 1. The molecular formula is C17H27N5O. The Labute approximate surface area is 138 Å². The average molecular weight is 317 g/mol. The van der Waals surface area contributed by atoms with Gasteiger partial charge >= 0.3 is 0 Å². The molecule has 126 valence electrons. The van der Waals surface area contributed by atoms with Gasteiger partial charge in [-0.3, -0.25) is 0 Å². The largest absolute Gasteiger partial charge is 0.372 e. The van der Waals surface area contributed by atoms with Crippen LogP contribution in [0.3, 0.4) is 0 Å². The highest BCUT2D eigenvalue weighted by molar-refractivity contribution is 5.78. The number of nitrogens with zero attached hydrogens (tertiary/aromatic N) is 3. The van der Waals surface area contributed by atoms with Gasteiger partial charge in [-0.05, 0) is 32.4 Å². The molecule has 0 saturated carbocycles. The van der Waals surface area contributed by atoms with Gasteiger partial charge in [0.05, 0.1) is 18.8 Å². The molecule has 6 nitrogen and oxygen atoms in total. The number of guanidine groups is 1. The Hall–Kier alpha value is -2.08. The van der Waals surface area contributed by atoms with Crippen LogP contribution in [0.2, 0.25) is 0 Å². The SMILES string of the molecule is C=C(C)CNC(N)=NCc1ccc(N2CC(C)OC(C)C2)nc1. The Balaban J connectivity index is 1.91. The molecule has 1 saturated heterocycles. The lowest BCUT2D eigenvalue weighted by atomic mass is 10.2. The topological polar surface area (TPSA) is 75.8 Å². The van der Waals surface area contributed by atoms with Crippen LogP contribution in [0.25, 0.3) is 0 Å². The molecule has 2 heterocycles. The molecule has 1 aromatic heterocycles. The number of aliphatic imine (C=N–C) groups is 1. The van der Waals surface area contributed by atoms with E-state index in [9.17, 15) is 0 Å². The second-order valence-corrected chi connectivity index (χ2v) is 6.20. The Bertz CT molecular complexity index is 545. The van der Waals surface area contributed by atoms with Crippen molar-refractivity contribution in [3.8, 4) is 0 Å². The summed E-state index contributed by atoms with van der Waals surface area (Å²) in [5.74, 6) is 1.40. The normalized spacial score (nSPS) is 22.0. The van der Waals surface area contributed by atoms with Crippen LogP contribution in [0.4, 0.5) is 5.82 Å². The summed E-state index contributed by atoms with van der Waals surface area (Å²) >= 11 is 0. The quantitative estimate of drug-likeness (QED) is 0.491. The van der Waals surface area contributed by atoms with Crippen molar-refractivity contribution in [2.45, 2.75) is 39.5 Å². The van der Waals surface area contributed by atoms with Gasteiger partial charge in [0, 0.05) is 25.8 Å². The van der Waals surface area contributed by atoms with E-state index in [2.05, 4.69) is 40.6 Å². The maximum absolute atomic E-state index is 5.80. The lowest BCUT2D eigenvalue weighted by molar-refractivity contribution is -0.00545. The van der Waals surface area contributed by atoms with Crippen molar-refractivity contribution in [1.29, 1.82) is 0 Å². The van der Waals surface area contributed by atoms with Crippen molar-refractivity contribution in [3.05, 3.63) is 36.0 Å². The lowest BCUT2D eigenvalue weighted by Crippen LogP contribution is -2.45. The van der Waals surface area contributed by atoms with Crippen LogP contribution in [0.15, 0.2) is 35.5 Å². The maximum atomic E-state index is 5.80. The van der Waals surface area contributed by atoms with Crippen LogP contribution < -0.4 is 16.0 Å². The lowest BCUT2D eigenvalue weighted by Gasteiger charge is -2.36. The summed E-state index contributed by atoms with van der Waals surface area (Å²) in [6.45, 7) is 12.8. The number of nitrogens with one attached hydrogen (secondary N) is 1. The summed E-state index contributed by atoms with van der Waals surface area (Å²) in [5, 5.41) is 3.01. The molecule has 1 aliphatic rings. The number of hydrogen-bond donors (Lipinski definition) is 2. The van der Waals surface area contributed by atoms with E-state index in [4.69, 9.17) is 10.5 Å². The van der Waals surface area contributed by atoms with Gasteiger partial charge < -0.3 is 20.7 Å². The van der Waals surface area contributed by atoms with Crippen LogP contribution in [-0.2, 0) is 11.3 Å². The second kappa shape index (κ2) is 7.97. The summed E-state index contributed by atoms with van der Waals surface area (Å²) < 4.78 is 5.75. The molecule has 6 heteroatoms. The predicted molar refractivity (Wildman–Crippen MR) is 94.6 cm³/mol. The third-order valence-electron chi connectivity index (χ3n) is 3.56. The molecule has 1 aromatic rings. The summed E-state index contributed by atoms with van der Waals surface area (Å²) in [7, 11) is 0. The van der Waals surface area contributed by atoms with Crippen LogP contribution in [0.5, 0.6) is 0 Å². The van der Waals surface area contributed by atoms with Gasteiger partial charge in [-0.15, -0.1) is 0 Å². The van der Waals surface area contributed by atoms with E-state index in [1.807, 2.05) is 25.3 Å². The molecule has 3 N–H and O–H groups in total. The highest BCUT2D eigenvalue weighted by Gasteiger charge is 2.22. The molecule has 2 unspecified atom stereocenters. The third-order valence-corrected chi connectivity index (χ3v) is 3.56. The second-order valence-electron chi connectivity index (χ2n) is 6.20. The first kappa shape index (κ1) is 17.3. The van der Waals surface area contributed by atoms with E-state index in [0.717, 1.165) is 30.0 Å². The summed E-state index contributed by atoms with van der Waals surface area (Å²) in [6.07, 6.45) is 2.31. The fraction of sp³-hybridized carbons (Fsp3) is 0.529. The van der Waals surface area contributed by atoms with Crippen LogP contribution in [-0.4, -0.2) is 42.8 Å². The minimum atomic E-state index is 0.226. The van der Waals surface area contributed by atoms with Gasteiger partial charge in [0.2, 0.25) is 0 Å². The Morgan fingerprint density at radius 2 is 2.13 bits per heavy atom. The maximum Gasteiger partial charge on any atom is 0.189 e. The molecule has 0 spiro atoms. The number of anilines is 1. The van der Waals surface area contributed by atoms with Crippen LogP contribution >= 0.6 is 0 Å². The van der Waals surface area contributed by atoms with E-state index in [-0.39, 0.29) is 12.2 Å². The van der Waals surface area contributed by atoms with Crippen LogP contribution in [0, 0.1) is 0 Å². The zero-order valence-electron chi connectivity index (χ0n) is 14.2. The monoisotopic (exact) mass is 317 g/mol. The molecule has 0 bridgehead atoms. The van der Waals surface area contributed by atoms with Crippen molar-refractivity contribution in [2.24, 2.45) is 10.7 Å².